The molecule has 0 fully saturated rings. The summed E-state index contributed by atoms with van der Waals surface area (Å²) >= 11 is 3.39. The Morgan fingerprint density at radius 1 is 1.00 bits per heavy atom. The molecule has 196 valence electrons. The van der Waals surface area contributed by atoms with Crippen LogP contribution in [0.1, 0.15) is 40.2 Å². The maximum absolute atomic E-state index is 14.6. The predicted molar refractivity (Wildman–Crippen MR) is 138 cm³/mol. The van der Waals surface area contributed by atoms with Crippen molar-refractivity contribution in [1.29, 1.82) is 0 Å². The molecule has 0 aliphatic heterocycles. The Balaban J connectivity index is 1.76. The molecule has 10 heteroatoms. The van der Waals surface area contributed by atoms with E-state index in [9.17, 15) is 27.2 Å². The second-order valence-corrected chi connectivity index (χ2v) is 9.62. The number of carbonyl (C=O) groups excluding carboxylic acids is 1. The first-order valence-corrected chi connectivity index (χ1v) is 12.4. The van der Waals surface area contributed by atoms with E-state index >= 15 is 0 Å². The van der Waals surface area contributed by atoms with Crippen LogP contribution in [0.2, 0.25) is 0 Å². The molecule has 0 radical (unpaired) electrons. The minimum absolute atomic E-state index is 0.0798. The Morgan fingerprint density at radius 2 is 1.66 bits per heavy atom. The van der Waals surface area contributed by atoms with Gasteiger partial charge < -0.3 is 10.4 Å². The molecule has 0 saturated heterocycles. The number of amides is 1. The zero-order chi connectivity index (χ0) is 27.6. The highest BCUT2D eigenvalue weighted by Crippen LogP contribution is 2.33. The lowest BCUT2D eigenvalue weighted by Gasteiger charge is -2.20. The topological polar surface area (TPSA) is 79.3 Å². The zero-order valence-electron chi connectivity index (χ0n) is 20.0. The maximum Gasteiger partial charge on any atom is 0.303 e. The van der Waals surface area contributed by atoms with Gasteiger partial charge in [0, 0.05) is 45.9 Å². The third-order valence-corrected chi connectivity index (χ3v) is 6.73. The first kappa shape index (κ1) is 27.3. The lowest BCUT2D eigenvalue weighted by atomic mass is 9.92. The second kappa shape index (κ2) is 11.3. The fourth-order valence-electron chi connectivity index (χ4n) is 4.40. The Labute approximate surface area is 223 Å². The van der Waals surface area contributed by atoms with Gasteiger partial charge in [-0.2, -0.15) is 0 Å². The third kappa shape index (κ3) is 5.55. The summed E-state index contributed by atoms with van der Waals surface area (Å²) in [6, 6.07) is 14.5. The fraction of sp³-hybridized carbons (Fsp3) is 0.179. The van der Waals surface area contributed by atoms with Gasteiger partial charge in [0.25, 0.3) is 5.91 Å². The number of benzene rings is 3. The van der Waals surface area contributed by atoms with E-state index in [1.54, 1.807) is 25.1 Å². The lowest BCUT2D eigenvalue weighted by Crippen LogP contribution is -2.30. The lowest BCUT2D eigenvalue weighted by molar-refractivity contribution is -0.137. The van der Waals surface area contributed by atoms with E-state index in [1.807, 2.05) is 30.3 Å². The molecule has 1 atom stereocenters. The Hall–Kier alpha value is -3.79. The van der Waals surface area contributed by atoms with E-state index in [-0.39, 0.29) is 18.1 Å². The molecule has 1 unspecified atom stereocenters. The number of halogens is 5. The maximum atomic E-state index is 14.6. The van der Waals surface area contributed by atoms with Crippen LogP contribution in [0.25, 0.3) is 22.2 Å². The summed E-state index contributed by atoms with van der Waals surface area (Å²) in [6.07, 6.45) is -0.914. The molecule has 0 aliphatic carbocycles. The van der Waals surface area contributed by atoms with Gasteiger partial charge in [0.1, 0.15) is 0 Å². The number of pyridine rings is 1. The number of rotatable bonds is 8. The molecule has 0 saturated carbocycles. The average molecular weight is 589 g/mol. The quantitative estimate of drug-likeness (QED) is 0.173. The SMILES string of the molecule is Cc1c(-c2ccccc2)nc2ccc(Br)cc2c1C(=O)NCC(CCC(=O)O)c1c(F)c(F)cc(F)c1F. The molecule has 1 aromatic heterocycles. The molecule has 5 nitrogen and oxygen atoms in total. The third-order valence-electron chi connectivity index (χ3n) is 6.23. The molecule has 4 rings (SSSR count). The Morgan fingerprint density at radius 3 is 2.29 bits per heavy atom. The molecule has 4 aromatic rings. The van der Waals surface area contributed by atoms with Crippen molar-refractivity contribution >= 4 is 38.7 Å². The van der Waals surface area contributed by atoms with E-state index in [2.05, 4.69) is 21.2 Å². The highest BCUT2D eigenvalue weighted by molar-refractivity contribution is 9.10. The molecular formula is C28H21BrF4N2O3. The van der Waals surface area contributed by atoms with Crippen LogP contribution in [0.5, 0.6) is 0 Å². The summed E-state index contributed by atoms with van der Waals surface area (Å²) in [7, 11) is 0. The monoisotopic (exact) mass is 588 g/mol. The van der Waals surface area contributed by atoms with Crippen LogP contribution >= 0.6 is 15.9 Å². The second-order valence-electron chi connectivity index (χ2n) is 8.71. The summed E-state index contributed by atoms with van der Waals surface area (Å²) in [6.45, 7) is 1.24. The smallest absolute Gasteiger partial charge is 0.303 e. The number of nitrogens with one attached hydrogen (secondary N) is 1. The minimum atomic E-state index is -1.63. The molecule has 3 aromatic carbocycles. The van der Waals surface area contributed by atoms with Crippen molar-refractivity contribution in [3.63, 3.8) is 0 Å². The molecule has 1 heterocycles. The standard InChI is InChI=1S/C28H21BrF4N2O3/c1-14-23(18-11-17(29)8-9-21(18)35-27(14)15-5-3-2-4-6-15)28(38)34-13-16(7-10-22(36)37)24-25(32)19(30)12-20(31)26(24)33/h2-6,8-9,11-12,16H,7,10,13H2,1H3,(H,34,38)(H,36,37). The van der Waals surface area contributed by atoms with Crippen LogP contribution in [0.15, 0.2) is 59.1 Å². The Kier molecular flexibility index (Phi) is 8.11. The average Bonchev–Trinajstić information content (AvgIpc) is 2.88. The Bertz CT molecular complexity index is 1520. The van der Waals surface area contributed by atoms with Gasteiger partial charge in [-0.05, 0) is 37.1 Å². The van der Waals surface area contributed by atoms with Gasteiger partial charge >= 0.3 is 5.97 Å². The van der Waals surface area contributed by atoms with Gasteiger partial charge in [-0.15, -0.1) is 0 Å². The highest BCUT2D eigenvalue weighted by atomic mass is 79.9. The van der Waals surface area contributed by atoms with Gasteiger partial charge in [0.05, 0.1) is 16.8 Å². The summed E-state index contributed by atoms with van der Waals surface area (Å²) in [5.41, 5.74) is 1.68. The highest BCUT2D eigenvalue weighted by Gasteiger charge is 2.28. The van der Waals surface area contributed by atoms with Crippen molar-refractivity contribution in [2.75, 3.05) is 6.54 Å². The molecule has 0 aliphatic rings. The normalized spacial score (nSPS) is 11.9. The van der Waals surface area contributed by atoms with Crippen molar-refractivity contribution in [3.05, 3.63) is 99.0 Å². The number of carbonyl (C=O) groups is 2. The van der Waals surface area contributed by atoms with Crippen LogP contribution in [0.4, 0.5) is 17.6 Å². The van der Waals surface area contributed by atoms with Crippen LogP contribution in [-0.4, -0.2) is 28.5 Å². The number of fused-ring (bicyclic) bond motifs is 1. The fourth-order valence-corrected chi connectivity index (χ4v) is 4.76. The van der Waals surface area contributed by atoms with E-state index in [4.69, 9.17) is 10.1 Å². The van der Waals surface area contributed by atoms with Gasteiger partial charge in [-0.3, -0.25) is 9.59 Å². The van der Waals surface area contributed by atoms with Crippen molar-refractivity contribution in [3.8, 4) is 11.3 Å². The first-order chi connectivity index (χ1) is 18.1. The summed E-state index contributed by atoms with van der Waals surface area (Å²) < 4.78 is 57.7. The van der Waals surface area contributed by atoms with Crippen LogP contribution in [0.3, 0.4) is 0 Å². The van der Waals surface area contributed by atoms with Crippen LogP contribution < -0.4 is 5.32 Å². The number of nitrogens with zero attached hydrogens (tertiary/aromatic N) is 1. The summed E-state index contributed by atoms with van der Waals surface area (Å²) in [4.78, 5) is 29.4. The zero-order valence-corrected chi connectivity index (χ0v) is 21.6. The van der Waals surface area contributed by atoms with Crippen molar-refractivity contribution in [1.82, 2.24) is 10.3 Å². The van der Waals surface area contributed by atoms with E-state index in [0.717, 1.165) is 5.56 Å². The molecule has 2 N–H and O–H groups in total. The van der Waals surface area contributed by atoms with E-state index < -0.39 is 59.6 Å². The number of hydrogen-bond acceptors (Lipinski definition) is 3. The van der Waals surface area contributed by atoms with Gasteiger partial charge in [-0.1, -0.05) is 46.3 Å². The summed E-state index contributed by atoms with van der Waals surface area (Å²) in [5.74, 6) is -9.73. The van der Waals surface area contributed by atoms with Crippen molar-refractivity contribution in [2.45, 2.75) is 25.7 Å². The number of carboxylic acid groups (broad SMARTS) is 1. The minimum Gasteiger partial charge on any atom is -0.481 e. The largest absolute Gasteiger partial charge is 0.481 e. The van der Waals surface area contributed by atoms with Gasteiger partial charge in [-0.25, -0.2) is 22.5 Å². The number of aliphatic carboxylic acids is 1. The van der Waals surface area contributed by atoms with Crippen LogP contribution in [-0.2, 0) is 4.79 Å². The van der Waals surface area contributed by atoms with Gasteiger partial charge in [0.2, 0.25) is 0 Å². The predicted octanol–water partition coefficient (Wildman–Crippen LogP) is 6.91. The van der Waals surface area contributed by atoms with Crippen LogP contribution in [0, 0.1) is 30.2 Å². The summed E-state index contributed by atoms with van der Waals surface area (Å²) in [5, 5.41) is 12.2. The molecule has 1 amide bonds. The van der Waals surface area contributed by atoms with E-state index in [1.165, 1.54) is 0 Å². The van der Waals surface area contributed by atoms with E-state index in [0.29, 0.717) is 26.6 Å². The van der Waals surface area contributed by atoms with Gasteiger partial charge in [0.15, 0.2) is 23.3 Å². The number of hydrogen-bond donors (Lipinski definition) is 2. The number of aromatic nitrogens is 1. The molecule has 38 heavy (non-hydrogen) atoms. The molecular weight excluding hydrogens is 568 g/mol. The molecule has 0 bridgehead atoms. The van der Waals surface area contributed by atoms with Crippen molar-refractivity contribution < 1.29 is 32.3 Å². The number of carboxylic acids is 1. The molecule has 0 spiro atoms. The first-order valence-electron chi connectivity index (χ1n) is 11.6. The van der Waals surface area contributed by atoms with Crippen molar-refractivity contribution in [2.24, 2.45) is 0 Å².